The Balaban J connectivity index is 2.25. The van der Waals surface area contributed by atoms with E-state index in [1.165, 1.54) is 0 Å². The van der Waals surface area contributed by atoms with Crippen molar-refractivity contribution in [2.75, 3.05) is 5.32 Å². The molecule has 2 rings (SSSR count). The Hall–Kier alpha value is -1.03. The molecule has 5 heteroatoms. The van der Waals surface area contributed by atoms with Gasteiger partial charge in [0.1, 0.15) is 0 Å². The molecule has 19 heavy (non-hydrogen) atoms. The Morgan fingerprint density at radius 3 is 2.47 bits per heavy atom. The molecule has 0 spiro atoms. The smallest absolute Gasteiger partial charge is 0.257 e. The van der Waals surface area contributed by atoms with Gasteiger partial charge in [-0.05, 0) is 42.8 Å². The first-order valence-electron chi connectivity index (χ1n) is 5.50. The van der Waals surface area contributed by atoms with Crippen LogP contribution >= 0.6 is 39.1 Å². The standard InChI is InChI=1S/C14H10BrCl2NO/c1-8-2-4-10(11(16)6-8)14(19)18-13-5-3-9(15)7-12(13)17/h2-7H,1H3,(H,18,19). The summed E-state index contributed by atoms with van der Waals surface area (Å²) in [7, 11) is 0. The number of halogens is 3. The minimum absolute atomic E-state index is 0.283. The van der Waals surface area contributed by atoms with Gasteiger partial charge in [0.05, 0.1) is 21.3 Å². The van der Waals surface area contributed by atoms with Gasteiger partial charge >= 0.3 is 0 Å². The normalized spacial score (nSPS) is 10.3. The van der Waals surface area contributed by atoms with E-state index in [1.54, 1.807) is 30.3 Å². The zero-order chi connectivity index (χ0) is 14.0. The molecule has 0 atom stereocenters. The molecule has 98 valence electrons. The maximum absolute atomic E-state index is 12.1. The largest absolute Gasteiger partial charge is 0.321 e. The number of amides is 1. The van der Waals surface area contributed by atoms with E-state index in [9.17, 15) is 4.79 Å². The number of hydrogen-bond acceptors (Lipinski definition) is 1. The Bertz CT molecular complexity index is 643. The lowest BCUT2D eigenvalue weighted by atomic mass is 10.1. The highest BCUT2D eigenvalue weighted by Crippen LogP contribution is 2.27. The fourth-order valence-electron chi connectivity index (χ4n) is 1.58. The van der Waals surface area contributed by atoms with E-state index in [2.05, 4.69) is 21.2 Å². The fraction of sp³-hybridized carbons (Fsp3) is 0.0714. The lowest BCUT2D eigenvalue weighted by Gasteiger charge is -2.09. The molecular formula is C14H10BrCl2NO. The predicted octanol–water partition coefficient (Wildman–Crippen LogP) is 5.32. The van der Waals surface area contributed by atoms with Gasteiger partial charge < -0.3 is 5.32 Å². The van der Waals surface area contributed by atoms with Gasteiger partial charge in [-0.2, -0.15) is 0 Å². The van der Waals surface area contributed by atoms with E-state index in [1.807, 2.05) is 13.0 Å². The third-order valence-corrected chi connectivity index (χ3v) is 3.67. The first-order chi connectivity index (χ1) is 8.97. The van der Waals surface area contributed by atoms with Crippen LogP contribution in [0.15, 0.2) is 40.9 Å². The lowest BCUT2D eigenvalue weighted by molar-refractivity contribution is 0.102. The fourth-order valence-corrected chi connectivity index (χ4v) is 2.63. The molecule has 2 aromatic carbocycles. The van der Waals surface area contributed by atoms with Gasteiger partial charge in [0, 0.05) is 4.47 Å². The monoisotopic (exact) mass is 357 g/mol. The summed E-state index contributed by atoms with van der Waals surface area (Å²) in [4.78, 5) is 12.1. The highest BCUT2D eigenvalue weighted by atomic mass is 79.9. The predicted molar refractivity (Wildman–Crippen MR) is 83.3 cm³/mol. The molecule has 0 saturated heterocycles. The van der Waals surface area contributed by atoms with Gasteiger partial charge in [-0.1, -0.05) is 45.2 Å². The number of carbonyl (C=O) groups excluding carboxylic acids is 1. The summed E-state index contributed by atoms with van der Waals surface area (Å²) >= 11 is 15.4. The Morgan fingerprint density at radius 2 is 1.84 bits per heavy atom. The minimum atomic E-state index is -0.283. The summed E-state index contributed by atoms with van der Waals surface area (Å²) in [5.41, 5.74) is 1.97. The number of aryl methyl sites for hydroxylation is 1. The molecular weight excluding hydrogens is 349 g/mol. The number of anilines is 1. The van der Waals surface area contributed by atoms with Crippen LogP contribution < -0.4 is 5.32 Å². The number of carbonyl (C=O) groups is 1. The number of rotatable bonds is 2. The van der Waals surface area contributed by atoms with E-state index in [0.29, 0.717) is 21.3 Å². The minimum Gasteiger partial charge on any atom is -0.321 e. The number of hydrogen-bond donors (Lipinski definition) is 1. The van der Waals surface area contributed by atoms with Crippen molar-refractivity contribution in [3.8, 4) is 0 Å². The van der Waals surface area contributed by atoms with Crippen molar-refractivity contribution in [2.45, 2.75) is 6.92 Å². The Kier molecular flexibility index (Phi) is 4.50. The summed E-state index contributed by atoms with van der Waals surface area (Å²) in [6.45, 7) is 1.92. The van der Waals surface area contributed by atoms with Gasteiger partial charge in [-0.15, -0.1) is 0 Å². The molecule has 0 aromatic heterocycles. The van der Waals surface area contributed by atoms with E-state index >= 15 is 0 Å². The highest BCUT2D eigenvalue weighted by Gasteiger charge is 2.12. The van der Waals surface area contributed by atoms with Crippen molar-refractivity contribution in [1.82, 2.24) is 0 Å². The molecule has 0 aliphatic carbocycles. The van der Waals surface area contributed by atoms with E-state index in [4.69, 9.17) is 23.2 Å². The zero-order valence-electron chi connectivity index (χ0n) is 10.0. The van der Waals surface area contributed by atoms with Gasteiger partial charge in [0.2, 0.25) is 0 Å². The third-order valence-electron chi connectivity index (χ3n) is 2.55. The summed E-state index contributed by atoms with van der Waals surface area (Å²) in [5.74, 6) is -0.283. The van der Waals surface area contributed by atoms with Gasteiger partial charge in [-0.3, -0.25) is 4.79 Å². The Morgan fingerprint density at radius 1 is 1.11 bits per heavy atom. The third kappa shape index (κ3) is 3.50. The van der Waals surface area contributed by atoms with Crippen LogP contribution in [0.5, 0.6) is 0 Å². The maximum atomic E-state index is 12.1. The average Bonchev–Trinajstić information content (AvgIpc) is 2.32. The number of nitrogens with one attached hydrogen (secondary N) is 1. The topological polar surface area (TPSA) is 29.1 Å². The molecule has 0 unspecified atom stereocenters. The van der Waals surface area contributed by atoms with Crippen LogP contribution in [-0.4, -0.2) is 5.91 Å². The summed E-state index contributed by atoms with van der Waals surface area (Å²) in [6.07, 6.45) is 0. The molecule has 1 amide bonds. The van der Waals surface area contributed by atoms with E-state index < -0.39 is 0 Å². The molecule has 0 saturated carbocycles. The van der Waals surface area contributed by atoms with E-state index in [-0.39, 0.29) is 5.91 Å². The number of benzene rings is 2. The van der Waals surface area contributed by atoms with Crippen LogP contribution in [0.2, 0.25) is 10.0 Å². The van der Waals surface area contributed by atoms with Crippen molar-refractivity contribution >= 4 is 50.7 Å². The molecule has 2 nitrogen and oxygen atoms in total. The molecule has 2 aromatic rings. The van der Waals surface area contributed by atoms with Crippen LogP contribution in [-0.2, 0) is 0 Å². The lowest BCUT2D eigenvalue weighted by Crippen LogP contribution is -2.12. The molecule has 0 aliphatic heterocycles. The summed E-state index contributed by atoms with van der Waals surface area (Å²) < 4.78 is 0.851. The second-order valence-electron chi connectivity index (χ2n) is 4.06. The molecule has 0 fully saturated rings. The Labute approximate surface area is 129 Å². The van der Waals surface area contributed by atoms with Gasteiger partial charge in [0.25, 0.3) is 5.91 Å². The molecule has 0 heterocycles. The molecule has 1 N–H and O–H groups in total. The second-order valence-corrected chi connectivity index (χ2v) is 5.79. The SMILES string of the molecule is Cc1ccc(C(=O)Nc2ccc(Br)cc2Cl)c(Cl)c1. The zero-order valence-corrected chi connectivity index (χ0v) is 13.1. The van der Waals surface area contributed by atoms with Crippen molar-refractivity contribution in [3.05, 3.63) is 62.0 Å². The van der Waals surface area contributed by atoms with Crippen LogP contribution in [0.25, 0.3) is 0 Å². The molecule has 0 bridgehead atoms. The summed E-state index contributed by atoms with van der Waals surface area (Å²) in [5, 5.41) is 3.62. The van der Waals surface area contributed by atoms with Crippen molar-refractivity contribution in [2.24, 2.45) is 0 Å². The quantitative estimate of drug-likeness (QED) is 0.773. The molecule has 0 radical (unpaired) electrons. The van der Waals surface area contributed by atoms with Gasteiger partial charge in [0.15, 0.2) is 0 Å². The summed E-state index contributed by atoms with van der Waals surface area (Å²) in [6, 6.07) is 10.5. The van der Waals surface area contributed by atoms with Crippen molar-refractivity contribution in [1.29, 1.82) is 0 Å². The average molecular weight is 359 g/mol. The van der Waals surface area contributed by atoms with E-state index in [0.717, 1.165) is 10.0 Å². The first-order valence-corrected chi connectivity index (χ1v) is 7.05. The van der Waals surface area contributed by atoms with Crippen LogP contribution in [0.1, 0.15) is 15.9 Å². The van der Waals surface area contributed by atoms with Crippen LogP contribution in [0, 0.1) is 6.92 Å². The molecule has 0 aliphatic rings. The highest BCUT2D eigenvalue weighted by molar-refractivity contribution is 9.10. The van der Waals surface area contributed by atoms with Crippen molar-refractivity contribution < 1.29 is 4.79 Å². The van der Waals surface area contributed by atoms with Crippen LogP contribution in [0.3, 0.4) is 0 Å². The van der Waals surface area contributed by atoms with Gasteiger partial charge in [-0.25, -0.2) is 0 Å². The second kappa shape index (κ2) is 5.95. The maximum Gasteiger partial charge on any atom is 0.257 e. The van der Waals surface area contributed by atoms with Crippen LogP contribution in [0.4, 0.5) is 5.69 Å². The first kappa shape index (κ1) is 14.4. The van der Waals surface area contributed by atoms with Crippen molar-refractivity contribution in [3.63, 3.8) is 0 Å².